The summed E-state index contributed by atoms with van der Waals surface area (Å²) in [6, 6.07) is 8.63. The van der Waals surface area contributed by atoms with Crippen LogP contribution in [0.15, 0.2) is 28.0 Å². The average Bonchev–Trinajstić information content (AvgIpc) is 2.52. The molecule has 0 bridgehead atoms. The molecule has 1 heterocycles. The maximum atomic E-state index is 12.2. The molecular weight excluding hydrogens is 304 g/mol. The van der Waals surface area contributed by atoms with E-state index in [9.17, 15) is 10.1 Å². The molecule has 118 valence electrons. The molecule has 1 aromatic heterocycles. The van der Waals surface area contributed by atoms with E-state index in [1.54, 1.807) is 11.8 Å². The first-order valence-corrected chi connectivity index (χ1v) is 8.95. The van der Waals surface area contributed by atoms with Gasteiger partial charge in [-0.15, -0.1) is 11.8 Å². The number of pyridine rings is 1. The topological polar surface area (TPSA) is 56.6 Å². The van der Waals surface area contributed by atoms with Crippen molar-refractivity contribution < 1.29 is 0 Å². The van der Waals surface area contributed by atoms with Crippen molar-refractivity contribution >= 4 is 11.8 Å². The maximum absolute atomic E-state index is 12.2. The lowest BCUT2D eigenvalue weighted by Gasteiger charge is -2.19. The molecule has 0 saturated heterocycles. The van der Waals surface area contributed by atoms with Crippen molar-refractivity contribution in [2.24, 2.45) is 0 Å². The Hall–Kier alpha value is -1.99. The van der Waals surface area contributed by atoms with E-state index in [1.165, 1.54) is 22.3 Å². The van der Waals surface area contributed by atoms with E-state index in [1.807, 2.05) is 0 Å². The van der Waals surface area contributed by atoms with Gasteiger partial charge in [-0.3, -0.25) is 4.79 Å². The second-order valence-corrected chi connectivity index (χ2v) is 7.20. The highest BCUT2D eigenvalue weighted by molar-refractivity contribution is 7.98. The van der Waals surface area contributed by atoms with Crippen molar-refractivity contribution in [1.29, 1.82) is 5.26 Å². The van der Waals surface area contributed by atoms with Gasteiger partial charge in [0.1, 0.15) is 11.6 Å². The van der Waals surface area contributed by atoms with Crippen LogP contribution < -0.4 is 5.56 Å². The number of aromatic amines is 1. The van der Waals surface area contributed by atoms with Crippen molar-refractivity contribution in [3.05, 3.63) is 61.9 Å². The first-order chi connectivity index (χ1) is 11.1. The largest absolute Gasteiger partial charge is 0.316 e. The molecule has 0 radical (unpaired) electrons. The normalized spacial score (nSPS) is 13.4. The molecule has 0 amide bonds. The Morgan fingerprint density at radius 3 is 2.43 bits per heavy atom. The number of H-pyrrole nitrogens is 1. The second kappa shape index (κ2) is 6.64. The van der Waals surface area contributed by atoms with E-state index >= 15 is 0 Å². The molecule has 0 fully saturated rings. The highest BCUT2D eigenvalue weighted by Crippen LogP contribution is 2.31. The molecule has 3 nitrogen and oxygen atoms in total. The number of benzene rings is 1. The predicted octanol–water partition coefficient (Wildman–Crippen LogP) is 4.03. The van der Waals surface area contributed by atoms with Crippen molar-refractivity contribution in [3.8, 4) is 6.07 Å². The molecule has 1 aliphatic rings. The van der Waals surface area contributed by atoms with Crippen molar-refractivity contribution in [3.63, 3.8) is 0 Å². The van der Waals surface area contributed by atoms with E-state index in [0.29, 0.717) is 5.56 Å². The Morgan fingerprint density at radius 2 is 1.78 bits per heavy atom. The van der Waals surface area contributed by atoms with Crippen LogP contribution in [0, 0.1) is 25.2 Å². The standard InChI is InChI=1S/C19H20N2OS/c1-12-7-13(2)9-14(8-12)11-23-19-16-6-4-3-5-15(16)17(10-20)18(22)21-19/h7-9H,3-6,11H2,1-2H3,(H,21,22). The summed E-state index contributed by atoms with van der Waals surface area (Å²) >= 11 is 1.67. The lowest BCUT2D eigenvalue weighted by Crippen LogP contribution is -2.20. The third-order valence-electron chi connectivity index (χ3n) is 4.27. The number of nitrogens with zero attached hydrogens (tertiary/aromatic N) is 1. The maximum Gasteiger partial charge on any atom is 0.267 e. The van der Waals surface area contributed by atoms with Gasteiger partial charge in [0, 0.05) is 5.75 Å². The number of nitrogens with one attached hydrogen (secondary N) is 1. The number of nitriles is 1. The lowest BCUT2D eigenvalue weighted by atomic mass is 9.90. The summed E-state index contributed by atoms with van der Waals surface area (Å²) in [7, 11) is 0. The predicted molar refractivity (Wildman–Crippen MR) is 93.9 cm³/mol. The van der Waals surface area contributed by atoms with Crippen molar-refractivity contribution in [1.82, 2.24) is 4.98 Å². The molecular formula is C19H20N2OS. The van der Waals surface area contributed by atoms with Gasteiger partial charge in [0.05, 0.1) is 5.03 Å². The summed E-state index contributed by atoms with van der Waals surface area (Å²) in [4.78, 5) is 15.1. The fraction of sp³-hybridized carbons (Fsp3) is 0.368. The van der Waals surface area contributed by atoms with E-state index in [2.05, 4.69) is 43.1 Å². The van der Waals surface area contributed by atoms with Gasteiger partial charge in [0.25, 0.3) is 5.56 Å². The van der Waals surface area contributed by atoms with Crippen molar-refractivity contribution in [2.45, 2.75) is 50.3 Å². The van der Waals surface area contributed by atoms with E-state index in [4.69, 9.17) is 0 Å². The molecule has 2 aromatic rings. The molecule has 1 N–H and O–H groups in total. The van der Waals surface area contributed by atoms with Gasteiger partial charge in [0.2, 0.25) is 0 Å². The summed E-state index contributed by atoms with van der Waals surface area (Å²) in [5, 5.41) is 10.2. The highest BCUT2D eigenvalue weighted by Gasteiger charge is 2.20. The van der Waals surface area contributed by atoms with E-state index in [-0.39, 0.29) is 5.56 Å². The molecule has 1 aromatic carbocycles. The Bertz CT molecular complexity index is 825. The monoisotopic (exact) mass is 324 g/mol. The van der Waals surface area contributed by atoms with Gasteiger partial charge in [-0.1, -0.05) is 29.3 Å². The first-order valence-electron chi connectivity index (χ1n) is 7.96. The fourth-order valence-corrected chi connectivity index (χ4v) is 4.40. The molecule has 0 spiro atoms. The van der Waals surface area contributed by atoms with E-state index < -0.39 is 0 Å². The van der Waals surface area contributed by atoms with Gasteiger partial charge in [0.15, 0.2) is 0 Å². The third kappa shape index (κ3) is 3.35. The molecule has 23 heavy (non-hydrogen) atoms. The van der Waals surface area contributed by atoms with Crippen LogP contribution in [-0.4, -0.2) is 4.98 Å². The Balaban J connectivity index is 1.93. The second-order valence-electron chi connectivity index (χ2n) is 6.22. The summed E-state index contributed by atoms with van der Waals surface area (Å²) in [6.07, 6.45) is 3.99. The zero-order valence-corrected chi connectivity index (χ0v) is 14.3. The molecule has 0 unspecified atom stereocenters. The molecule has 0 saturated carbocycles. The number of aromatic nitrogens is 1. The smallest absolute Gasteiger partial charge is 0.267 e. The average molecular weight is 324 g/mol. The molecule has 1 aliphatic carbocycles. The Kier molecular flexibility index (Phi) is 4.58. The lowest BCUT2D eigenvalue weighted by molar-refractivity contribution is 0.663. The van der Waals surface area contributed by atoms with Gasteiger partial charge in [-0.25, -0.2) is 0 Å². The SMILES string of the molecule is Cc1cc(C)cc(CSc2[nH]c(=O)c(C#N)c3c2CCCC3)c1. The van der Waals surface area contributed by atoms with Gasteiger partial charge < -0.3 is 4.98 Å². The van der Waals surface area contributed by atoms with Crippen LogP contribution in [0.3, 0.4) is 0 Å². The van der Waals surface area contributed by atoms with Crippen LogP contribution in [0.5, 0.6) is 0 Å². The van der Waals surface area contributed by atoms with Crippen LogP contribution in [0.4, 0.5) is 0 Å². The van der Waals surface area contributed by atoms with Crippen LogP contribution in [0.25, 0.3) is 0 Å². The van der Waals surface area contributed by atoms with Crippen molar-refractivity contribution in [2.75, 3.05) is 0 Å². The summed E-state index contributed by atoms with van der Waals surface area (Å²) in [5.41, 5.74) is 6.02. The van der Waals surface area contributed by atoms with Crippen LogP contribution in [-0.2, 0) is 18.6 Å². The van der Waals surface area contributed by atoms with Gasteiger partial charge in [-0.05, 0) is 56.2 Å². The van der Waals surface area contributed by atoms with Gasteiger partial charge in [-0.2, -0.15) is 5.26 Å². The Labute approximate surface area is 140 Å². The third-order valence-corrected chi connectivity index (χ3v) is 5.39. The van der Waals surface area contributed by atoms with Crippen LogP contribution in [0.1, 0.15) is 46.2 Å². The van der Waals surface area contributed by atoms with Crippen LogP contribution in [0.2, 0.25) is 0 Å². The van der Waals surface area contributed by atoms with E-state index in [0.717, 1.165) is 42.0 Å². The molecule has 0 aliphatic heterocycles. The molecule has 4 heteroatoms. The minimum atomic E-state index is -0.240. The highest BCUT2D eigenvalue weighted by atomic mass is 32.2. The first kappa shape index (κ1) is 15.9. The number of thioether (sulfide) groups is 1. The number of hydrogen-bond donors (Lipinski definition) is 1. The Morgan fingerprint density at radius 1 is 1.13 bits per heavy atom. The minimum Gasteiger partial charge on any atom is -0.316 e. The summed E-state index contributed by atoms with van der Waals surface area (Å²) in [5.74, 6) is 0.830. The van der Waals surface area contributed by atoms with Gasteiger partial charge >= 0.3 is 0 Å². The fourth-order valence-electron chi connectivity index (χ4n) is 3.36. The summed E-state index contributed by atoms with van der Waals surface area (Å²) < 4.78 is 0. The molecule has 0 atom stereocenters. The number of fused-ring (bicyclic) bond motifs is 1. The minimum absolute atomic E-state index is 0.240. The zero-order chi connectivity index (χ0) is 16.4. The number of aryl methyl sites for hydroxylation is 2. The number of hydrogen-bond acceptors (Lipinski definition) is 3. The van der Waals surface area contributed by atoms with Crippen LogP contribution >= 0.6 is 11.8 Å². The quantitative estimate of drug-likeness (QED) is 0.867. The zero-order valence-electron chi connectivity index (χ0n) is 13.5. The number of rotatable bonds is 3. The molecule has 3 rings (SSSR count). The summed E-state index contributed by atoms with van der Waals surface area (Å²) in [6.45, 7) is 4.21.